The molecule has 1 N–H and O–H groups in total. The summed E-state index contributed by atoms with van der Waals surface area (Å²) in [5.74, 6) is 0.442. The summed E-state index contributed by atoms with van der Waals surface area (Å²) in [6.07, 6.45) is 1.05. The van der Waals surface area contributed by atoms with Crippen molar-refractivity contribution in [2.45, 2.75) is 19.3 Å². The van der Waals surface area contributed by atoms with Crippen LogP contribution in [-0.2, 0) is 0 Å². The Balaban J connectivity index is 2.12. The number of rotatable bonds is 3. The highest BCUT2D eigenvalue weighted by Crippen LogP contribution is 2.32. The number of likely N-dealkylation sites (tertiary alicyclic amines) is 1. The third-order valence-electron chi connectivity index (χ3n) is 3.80. The summed E-state index contributed by atoms with van der Waals surface area (Å²) in [5.41, 5.74) is 1.15. The van der Waals surface area contributed by atoms with Crippen LogP contribution in [0.3, 0.4) is 0 Å². The van der Waals surface area contributed by atoms with Crippen molar-refractivity contribution in [2.24, 2.45) is 5.92 Å². The van der Waals surface area contributed by atoms with E-state index in [1.165, 1.54) is 12.1 Å². The quantitative estimate of drug-likeness (QED) is 0.871. The van der Waals surface area contributed by atoms with E-state index in [1.807, 2.05) is 12.1 Å². The summed E-state index contributed by atoms with van der Waals surface area (Å²) in [5, 5.41) is 9.49. The SMILES string of the molecule is CCN1CC[C@H](c2ccc(F)cc2)[C@H](CO)C1. The molecule has 1 saturated heterocycles. The van der Waals surface area contributed by atoms with Gasteiger partial charge in [0.15, 0.2) is 0 Å². The number of halogens is 1. The second-order valence-electron chi connectivity index (χ2n) is 4.78. The zero-order chi connectivity index (χ0) is 12.3. The Kier molecular flexibility index (Phi) is 4.13. The first-order valence-electron chi connectivity index (χ1n) is 6.33. The van der Waals surface area contributed by atoms with Gasteiger partial charge < -0.3 is 10.0 Å². The molecule has 94 valence electrons. The van der Waals surface area contributed by atoms with Gasteiger partial charge in [-0.15, -0.1) is 0 Å². The number of aliphatic hydroxyl groups excluding tert-OH is 1. The fourth-order valence-electron chi connectivity index (χ4n) is 2.73. The van der Waals surface area contributed by atoms with Gasteiger partial charge >= 0.3 is 0 Å². The normalized spacial score (nSPS) is 26.1. The number of benzene rings is 1. The van der Waals surface area contributed by atoms with Crippen molar-refractivity contribution in [1.82, 2.24) is 4.90 Å². The maximum atomic E-state index is 12.9. The Labute approximate surface area is 102 Å². The third-order valence-corrected chi connectivity index (χ3v) is 3.80. The summed E-state index contributed by atoms with van der Waals surface area (Å²) < 4.78 is 12.9. The first-order valence-corrected chi connectivity index (χ1v) is 6.33. The number of hydrogen-bond acceptors (Lipinski definition) is 2. The van der Waals surface area contributed by atoms with Crippen molar-refractivity contribution in [3.8, 4) is 0 Å². The van der Waals surface area contributed by atoms with E-state index in [4.69, 9.17) is 0 Å². The Morgan fingerprint density at radius 1 is 1.35 bits per heavy atom. The lowest BCUT2D eigenvalue weighted by atomic mass is 9.81. The molecule has 1 aliphatic heterocycles. The second-order valence-corrected chi connectivity index (χ2v) is 4.78. The molecule has 17 heavy (non-hydrogen) atoms. The first kappa shape index (κ1) is 12.5. The van der Waals surface area contributed by atoms with Gasteiger partial charge in [-0.3, -0.25) is 0 Å². The van der Waals surface area contributed by atoms with E-state index in [0.717, 1.165) is 31.6 Å². The fourth-order valence-corrected chi connectivity index (χ4v) is 2.73. The lowest BCUT2D eigenvalue weighted by Crippen LogP contribution is -2.40. The van der Waals surface area contributed by atoms with Crippen LogP contribution in [0.5, 0.6) is 0 Å². The van der Waals surface area contributed by atoms with Crippen molar-refractivity contribution in [2.75, 3.05) is 26.2 Å². The van der Waals surface area contributed by atoms with Crippen molar-refractivity contribution in [1.29, 1.82) is 0 Å². The molecule has 0 spiro atoms. The monoisotopic (exact) mass is 237 g/mol. The van der Waals surface area contributed by atoms with Crippen LogP contribution in [0.2, 0.25) is 0 Å². The summed E-state index contributed by atoms with van der Waals surface area (Å²) >= 11 is 0. The molecule has 0 amide bonds. The van der Waals surface area contributed by atoms with Gasteiger partial charge in [-0.2, -0.15) is 0 Å². The molecule has 0 saturated carbocycles. The number of aliphatic hydroxyl groups is 1. The molecule has 1 fully saturated rings. The zero-order valence-electron chi connectivity index (χ0n) is 10.3. The smallest absolute Gasteiger partial charge is 0.123 e. The van der Waals surface area contributed by atoms with Crippen molar-refractivity contribution >= 4 is 0 Å². The predicted molar refractivity (Wildman–Crippen MR) is 66.4 cm³/mol. The van der Waals surface area contributed by atoms with Crippen LogP contribution >= 0.6 is 0 Å². The van der Waals surface area contributed by atoms with Crippen LogP contribution in [0.1, 0.15) is 24.8 Å². The lowest BCUT2D eigenvalue weighted by molar-refractivity contribution is 0.105. The summed E-state index contributed by atoms with van der Waals surface area (Å²) in [7, 11) is 0. The van der Waals surface area contributed by atoms with E-state index in [1.54, 1.807) is 0 Å². The molecule has 1 aromatic rings. The molecule has 3 heteroatoms. The van der Waals surface area contributed by atoms with E-state index in [2.05, 4.69) is 11.8 Å². The Morgan fingerprint density at radius 2 is 2.06 bits per heavy atom. The van der Waals surface area contributed by atoms with Crippen molar-refractivity contribution < 1.29 is 9.50 Å². The maximum Gasteiger partial charge on any atom is 0.123 e. The molecule has 0 aliphatic carbocycles. The van der Waals surface area contributed by atoms with Gasteiger partial charge in [-0.25, -0.2) is 4.39 Å². The van der Waals surface area contributed by atoms with Gasteiger partial charge in [0.2, 0.25) is 0 Å². The highest BCUT2D eigenvalue weighted by atomic mass is 19.1. The van der Waals surface area contributed by atoms with Crippen molar-refractivity contribution in [3.05, 3.63) is 35.6 Å². The molecular formula is C14H20FNO. The fraction of sp³-hybridized carbons (Fsp3) is 0.571. The van der Waals surface area contributed by atoms with Crippen LogP contribution in [-0.4, -0.2) is 36.2 Å². The first-order chi connectivity index (χ1) is 8.24. The molecule has 1 heterocycles. The van der Waals surface area contributed by atoms with Crippen LogP contribution in [0.4, 0.5) is 4.39 Å². The third kappa shape index (κ3) is 2.85. The molecule has 0 unspecified atom stereocenters. The number of nitrogens with zero attached hydrogens (tertiary/aromatic N) is 1. The van der Waals surface area contributed by atoms with Gasteiger partial charge in [-0.05, 0) is 43.1 Å². The second kappa shape index (κ2) is 5.61. The van der Waals surface area contributed by atoms with Gasteiger partial charge in [0.05, 0.1) is 0 Å². The minimum Gasteiger partial charge on any atom is -0.396 e. The zero-order valence-corrected chi connectivity index (χ0v) is 10.3. The van der Waals surface area contributed by atoms with Crippen LogP contribution in [0.15, 0.2) is 24.3 Å². The largest absolute Gasteiger partial charge is 0.396 e. The minimum atomic E-state index is -0.194. The van der Waals surface area contributed by atoms with E-state index < -0.39 is 0 Å². The van der Waals surface area contributed by atoms with Gasteiger partial charge in [0, 0.05) is 19.1 Å². The van der Waals surface area contributed by atoms with Gasteiger partial charge in [-0.1, -0.05) is 19.1 Å². The molecule has 0 aromatic heterocycles. The molecule has 1 aliphatic rings. The molecule has 2 rings (SSSR count). The Morgan fingerprint density at radius 3 is 2.65 bits per heavy atom. The maximum absolute atomic E-state index is 12.9. The van der Waals surface area contributed by atoms with Gasteiger partial charge in [0.1, 0.15) is 5.82 Å². The predicted octanol–water partition coefficient (Wildman–Crippen LogP) is 2.24. The number of hydrogen-bond donors (Lipinski definition) is 1. The molecule has 1 aromatic carbocycles. The molecule has 2 nitrogen and oxygen atoms in total. The van der Waals surface area contributed by atoms with E-state index in [0.29, 0.717) is 5.92 Å². The summed E-state index contributed by atoms with van der Waals surface area (Å²) in [6.45, 7) is 5.39. The van der Waals surface area contributed by atoms with E-state index in [9.17, 15) is 9.50 Å². The van der Waals surface area contributed by atoms with Crippen LogP contribution in [0, 0.1) is 11.7 Å². The Hall–Kier alpha value is -0.930. The Bertz CT molecular complexity index is 352. The van der Waals surface area contributed by atoms with E-state index >= 15 is 0 Å². The van der Waals surface area contributed by atoms with Gasteiger partial charge in [0.25, 0.3) is 0 Å². The molecule has 0 bridgehead atoms. The topological polar surface area (TPSA) is 23.5 Å². The standard InChI is InChI=1S/C14H20FNO/c1-2-16-8-7-14(12(9-16)10-17)11-3-5-13(15)6-4-11/h3-6,12,14,17H,2,7-10H2,1H3/t12-,14+/m0/s1. The molecule has 2 atom stereocenters. The van der Waals surface area contributed by atoms with E-state index in [-0.39, 0.29) is 18.3 Å². The summed E-state index contributed by atoms with van der Waals surface area (Å²) in [6, 6.07) is 6.72. The highest BCUT2D eigenvalue weighted by Gasteiger charge is 2.29. The van der Waals surface area contributed by atoms with Crippen LogP contribution in [0.25, 0.3) is 0 Å². The average Bonchev–Trinajstić information content (AvgIpc) is 2.39. The van der Waals surface area contributed by atoms with Crippen LogP contribution < -0.4 is 0 Å². The minimum absolute atomic E-state index is 0.194. The lowest BCUT2D eigenvalue weighted by Gasteiger charge is -2.37. The average molecular weight is 237 g/mol. The molecular weight excluding hydrogens is 217 g/mol. The highest BCUT2D eigenvalue weighted by molar-refractivity contribution is 5.22. The van der Waals surface area contributed by atoms with Crippen molar-refractivity contribution in [3.63, 3.8) is 0 Å². The summed E-state index contributed by atoms with van der Waals surface area (Å²) in [4.78, 5) is 2.36. The molecule has 0 radical (unpaired) electrons. The number of piperidine rings is 1.